The first kappa shape index (κ1) is 15.6. The van der Waals surface area contributed by atoms with E-state index < -0.39 is 5.82 Å². The number of hydrogen-bond donors (Lipinski definition) is 1. The number of aryl methyl sites for hydroxylation is 1. The summed E-state index contributed by atoms with van der Waals surface area (Å²) in [5.41, 5.74) is 4.08. The molecule has 1 atom stereocenters. The zero-order chi connectivity index (χ0) is 15.4. The highest BCUT2D eigenvalue weighted by Gasteiger charge is 2.08. The van der Waals surface area contributed by atoms with Gasteiger partial charge in [-0.3, -0.25) is 0 Å². The van der Waals surface area contributed by atoms with Crippen LogP contribution in [-0.4, -0.2) is 6.04 Å². The van der Waals surface area contributed by atoms with E-state index in [1.807, 2.05) is 0 Å². The molecule has 0 saturated carbocycles. The number of halogens is 2. The Morgan fingerprint density at radius 1 is 1.29 bits per heavy atom. The van der Waals surface area contributed by atoms with E-state index in [1.54, 1.807) is 12.1 Å². The molecule has 0 bridgehead atoms. The number of benzene rings is 2. The van der Waals surface area contributed by atoms with E-state index in [9.17, 15) is 4.39 Å². The second kappa shape index (κ2) is 6.77. The van der Waals surface area contributed by atoms with Crippen LogP contribution in [0.2, 0.25) is 5.02 Å². The van der Waals surface area contributed by atoms with E-state index in [-0.39, 0.29) is 11.1 Å². The fourth-order valence-electron chi connectivity index (χ4n) is 2.31. The van der Waals surface area contributed by atoms with Crippen LogP contribution in [0, 0.1) is 12.7 Å². The molecule has 0 fully saturated rings. The van der Waals surface area contributed by atoms with Crippen LogP contribution < -0.4 is 5.32 Å². The maximum atomic E-state index is 13.2. The molecule has 1 unspecified atom stereocenters. The topological polar surface area (TPSA) is 12.0 Å². The average Bonchev–Trinajstić information content (AvgIpc) is 2.41. The van der Waals surface area contributed by atoms with Gasteiger partial charge in [0, 0.05) is 11.7 Å². The predicted octanol–water partition coefficient (Wildman–Crippen LogP) is 4.98. The third-order valence-electron chi connectivity index (χ3n) is 3.31. The van der Waals surface area contributed by atoms with E-state index in [0.717, 1.165) is 17.7 Å². The molecule has 0 saturated heterocycles. The SMILES string of the molecule is C=C(NC(C)Cc1cccc(C)c1)c1ccc(F)c(Cl)c1. The molecular formula is C18H19ClFN. The van der Waals surface area contributed by atoms with Gasteiger partial charge in [-0.2, -0.15) is 0 Å². The van der Waals surface area contributed by atoms with E-state index >= 15 is 0 Å². The molecule has 0 aromatic heterocycles. The first-order valence-electron chi connectivity index (χ1n) is 6.92. The smallest absolute Gasteiger partial charge is 0.141 e. The van der Waals surface area contributed by atoms with E-state index in [1.165, 1.54) is 17.2 Å². The predicted molar refractivity (Wildman–Crippen MR) is 87.9 cm³/mol. The largest absolute Gasteiger partial charge is 0.382 e. The quantitative estimate of drug-likeness (QED) is 0.821. The van der Waals surface area contributed by atoms with Gasteiger partial charge in [0.15, 0.2) is 0 Å². The van der Waals surface area contributed by atoms with Crippen molar-refractivity contribution in [3.05, 3.63) is 76.6 Å². The Hall–Kier alpha value is -1.80. The van der Waals surface area contributed by atoms with Gasteiger partial charge in [-0.1, -0.05) is 48.0 Å². The fraction of sp³-hybridized carbons (Fsp3) is 0.222. The molecule has 0 aliphatic rings. The molecule has 3 heteroatoms. The van der Waals surface area contributed by atoms with Crippen molar-refractivity contribution in [1.29, 1.82) is 0 Å². The Labute approximate surface area is 130 Å². The lowest BCUT2D eigenvalue weighted by molar-refractivity contribution is 0.627. The van der Waals surface area contributed by atoms with Gasteiger partial charge in [0.2, 0.25) is 0 Å². The van der Waals surface area contributed by atoms with Crippen molar-refractivity contribution in [3.8, 4) is 0 Å². The third-order valence-corrected chi connectivity index (χ3v) is 3.60. The lowest BCUT2D eigenvalue weighted by atomic mass is 10.0. The first-order valence-corrected chi connectivity index (χ1v) is 7.30. The molecule has 1 N–H and O–H groups in total. The fourth-order valence-corrected chi connectivity index (χ4v) is 2.49. The van der Waals surface area contributed by atoms with Gasteiger partial charge in [-0.15, -0.1) is 0 Å². The van der Waals surface area contributed by atoms with Crippen LogP contribution in [0.4, 0.5) is 4.39 Å². The molecular weight excluding hydrogens is 285 g/mol. The van der Waals surface area contributed by atoms with Crippen molar-refractivity contribution in [2.24, 2.45) is 0 Å². The Bertz CT molecular complexity index is 651. The normalized spacial score (nSPS) is 12.0. The van der Waals surface area contributed by atoms with Crippen molar-refractivity contribution >= 4 is 17.3 Å². The monoisotopic (exact) mass is 303 g/mol. The van der Waals surface area contributed by atoms with E-state index in [4.69, 9.17) is 11.6 Å². The molecule has 21 heavy (non-hydrogen) atoms. The lowest BCUT2D eigenvalue weighted by Crippen LogP contribution is -2.26. The summed E-state index contributed by atoms with van der Waals surface area (Å²) in [4.78, 5) is 0. The average molecular weight is 304 g/mol. The Balaban J connectivity index is 2.00. The van der Waals surface area contributed by atoms with E-state index in [0.29, 0.717) is 0 Å². The lowest BCUT2D eigenvalue weighted by Gasteiger charge is -2.18. The van der Waals surface area contributed by atoms with Crippen LogP contribution in [0.25, 0.3) is 5.70 Å². The second-order valence-corrected chi connectivity index (χ2v) is 5.75. The summed E-state index contributed by atoms with van der Waals surface area (Å²) in [6.07, 6.45) is 0.898. The molecule has 0 amide bonds. The summed E-state index contributed by atoms with van der Waals surface area (Å²) in [5.74, 6) is -0.416. The van der Waals surface area contributed by atoms with Crippen LogP contribution in [-0.2, 0) is 6.42 Å². The molecule has 0 aliphatic heterocycles. The summed E-state index contributed by atoms with van der Waals surface area (Å²) in [6.45, 7) is 8.18. The van der Waals surface area contributed by atoms with E-state index in [2.05, 4.69) is 50.0 Å². The van der Waals surface area contributed by atoms with Crippen LogP contribution in [0.1, 0.15) is 23.6 Å². The highest BCUT2D eigenvalue weighted by Crippen LogP contribution is 2.20. The Morgan fingerprint density at radius 2 is 2.05 bits per heavy atom. The maximum absolute atomic E-state index is 13.2. The van der Waals surface area contributed by atoms with Crippen LogP contribution in [0.5, 0.6) is 0 Å². The molecule has 0 radical (unpaired) electrons. The number of rotatable bonds is 5. The molecule has 0 spiro atoms. The van der Waals surface area contributed by atoms with Crippen molar-refractivity contribution in [3.63, 3.8) is 0 Å². The molecule has 2 aromatic carbocycles. The Kier molecular flexibility index (Phi) is 5.03. The van der Waals surface area contributed by atoms with Gasteiger partial charge in [0.25, 0.3) is 0 Å². The van der Waals surface area contributed by atoms with Gasteiger partial charge in [0.1, 0.15) is 5.82 Å². The summed E-state index contributed by atoms with van der Waals surface area (Å²) in [7, 11) is 0. The highest BCUT2D eigenvalue weighted by atomic mass is 35.5. The minimum Gasteiger partial charge on any atom is -0.382 e. The molecule has 0 aliphatic carbocycles. The van der Waals surface area contributed by atoms with Gasteiger partial charge in [0.05, 0.1) is 5.02 Å². The molecule has 1 nitrogen and oxygen atoms in total. The van der Waals surface area contributed by atoms with Crippen LogP contribution in [0.15, 0.2) is 49.0 Å². The van der Waals surface area contributed by atoms with Crippen molar-refractivity contribution in [1.82, 2.24) is 5.32 Å². The molecule has 2 rings (SSSR count). The minimum absolute atomic E-state index is 0.113. The summed E-state index contributed by atoms with van der Waals surface area (Å²) in [5, 5.41) is 3.45. The van der Waals surface area contributed by atoms with Crippen LogP contribution >= 0.6 is 11.6 Å². The summed E-state index contributed by atoms with van der Waals surface area (Å²) >= 11 is 5.80. The molecule has 0 heterocycles. The highest BCUT2D eigenvalue weighted by molar-refractivity contribution is 6.30. The van der Waals surface area contributed by atoms with Crippen molar-refractivity contribution < 1.29 is 4.39 Å². The number of nitrogens with one attached hydrogen (secondary N) is 1. The zero-order valence-electron chi connectivity index (χ0n) is 12.3. The van der Waals surface area contributed by atoms with Gasteiger partial charge in [-0.25, -0.2) is 4.39 Å². The zero-order valence-corrected chi connectivity index (χ0v) is 13.0. The van der Waals surface area contributed by atoms with Crippen molar-refractivity contribution in [2.45, 2.75) is 26.3 Å². The summed E-state index contributed by atoms with van der Waals surface area (Å²) in [6, 6.07) is 13.3. The minimum atomic E-state index is -0.416. The number of hydrogen-bond acceptors (Lipinski definition) is 1. The Morgan fingerprint density at radius 3 is 2.71 bits per heavy atom. The van der Waals surface area contributed by atoms with Gasteiger partial charge < -0.3 is 5.32 Å². The maximum Gasteiger partial charge on any atom is 0.141 e. The van der Waals surface area contributed by atoms with Gasteiger partial charge >= 0.3 is 0 Å². The standard InChI is InChI=1S/C18H19ClFN/c1-12-5-4-6-15(9-12)10-13(2)21-14(3)16-7-8-18(20)17(19)11-16/h4-9,11,13,21H,3,10H2,1-2H3. The molecule has 2 aromatic rings. The first-order chi connectivity index (χ1) is 9.95. The third kappa shape index (κ3) is 4.33. The second-order valence-electron chi connectivity index (χ2n) is 5.35. The summed E-state index contributed by atoms with van der Waals surface area (Å²) < 4.78 is 13.2. The van der Waals surface area contributed by atoms with Crippen LogP contribution in [0.3, 0.4) is 0 Å². The molecule has 110 valence electrons. The van der Waals surface area contributed by atoms with Gasteiger partial charge in [-0.05, 0) is 49.6 Å². The van der Waals surface area contributed by atoms with Crippen molar-refractivity contribution in [2.75, 3.05) is 0 Å².